The van der Waals surface area contributed by atoms with Crippen molar-refractivity contribution in [1.29, 1.82) is 0 Å². The molecule has 29 heavy (non-hydrogen) atoms. The van der Waals surface area contributed by atoms with Crippen LogP contribution in [0.25, 0.3) is 0 Å². The van der Waals surface area contributed by atoms with Crippen LogP contribution in [0.5, 0.6) is 0 Å². The van der Waals surface area contributed by atoms with Gasteiger partial charge in [0, 0.05) is 36.2 Å². The summed E-state index contributed by atoms with van der Waals surface area (Å²) in [5.74, 6) is 0.615. The molecule has 1 aliphatic carbocycles. The Bertz CT molecular complexity index is 936. The Morgan fingerprint density at radius 2 is 2.00 bits per heavy atom. The minimum atomic E-state index is 0.105. The van der Waals surface area contributed by atoms with Crippen LogP contribution in [0.15, 0.2) is 51.9 Å². The number of nitrogens with two attached hydrogens (primary N) is 1. The van der Waals surface area contributed by atoms with Gasteiger partial charge in [0.2, 0.25) is 0 Å². The molecule has 2 N–H and O–H groups in total. The van der Waals surface area contributed by atoms with Gasteiger partial charge in [0.25, 0.3) is 5.91 Å². The number of carbonyl (C=O) groups excluding carboxylic acids is 1. The van der Waals surface area contributed by atoms with E-state index in [1.54, 1.807) is 0 Å². The van der Waals surface area contributed by atoms with Crippen molar-refractivity contribution in [2.45, 2.75) is 51.2 Å². The van der Waals surface area contributed by atoms with Crippen LogP contribution in [0.3, 0.4) is 0 Å². The number of carbonyl (C=O) groups is 1. The Labute approximate surface area is 180 Å². The van der Waals surface area contributed by atoms with E-state index in [4.69, 9.17) is 5.73 Å². The first-order valence-corrected chi connectivity index (χ1v) is 11.0. The molecule has 0 bridgehead atoms. The fraction of sp³-hybridized carbons (Fsp3) is 0.391. The molecule has 0 saturated heterocycles. The van der Waals surface area contributed by atoms with Crippen LogP contribution in [-0.2, 0) is 13.1 Å². The molecule has 0 spiro atoms. The molecule has 6 heteroatoms. The van der Waals surface area contributed by atoms with E-state index < -0.39 is 0 Å². The normalized spacial score (nSPS) is 16.9. The van der Waals surface area contributed by atoms with Crippen molar-refractivity contribution < 1.29 is 4.79 Å². The van der Waals surface area contributed by atoms with Gasteiger partial charge in [0.15, 0.2) is 5.96 Å². The van der Waals surface area contributed by atoms with Gasteiger partial charge in [-0.05, 0) is 54.3 Å². The third-order valence-corrected chi connectivity index (χ3v) is 6.45. The van der Waals surface area contributed by atoms with E-state index in [1.165, 1.54) is 19.3 Å². The minimum Gasteiger partial charge on any atom is -0.369 e. The summed E-state index contributed by atoms with van der Waals surface area (Å²) in [5, 5.41) is 0. The lowest BCUT2D eigenvalue weighted by Crippen LogP contribution is -2.39. The highest BCUT2D eigenvalue weighted by molar-refractivity contribution is 9.10. The molecule has 2 aromatic rings. The molecule has 152 valence electrons. The number of fused-ring (bicyclic) bond motifs is 1. The molecule has 1 amide bonds. The maximum atomic E-state index is 13.0. The van der Waals surface area contributed by atoms with Gasteiger partial charge < -0.3 is 15.5 Å². The van der Waals surface area contributed by atoms with Gasteiger partial charge in [-0.1, -0.05) is 47.3 Å². The lowest BCUT2D eigenvalue weighted by Gasteiger charge is -2.31. The van der Waals surface area contributed by atoms with Gasteiger partial charge in [-0.15, -0.1) is 0 Å². The lowest BCUT2D eigenvalue weighted by atomic mass is 9.94. The van der Waals surface area contributed by atoms with Crippen LogP contribution in [0.1, 0.15) is 53.6 Å². The zero-order valence-corrected chi connectivity index (χ0v) is 18.4. The highest BCUT2D eigenvalue weighted by Gasteiger charge is 2.23. The number of nitrogens with zero attached hydrogens (tertiary/aromatic N) is 3. The van der Waals surface area contributed by atoms with Crippen molar-refractivity contribution >= 4 is 33.5 Å². The van der Waals surface area contributed by atoms with E-state index in [0.29, 0.717) is 25.1 Å². The van der Waals surface area contributed by atoms with Crippen molar-refractivity contribution in [2.24, 2.45) is 10.7 Å². The van der Waals surface area contributed by atoms with Gasteiger partial charge in [-0.2, -0.15) is 0 Å². The van der Waals surface area contributed by atoms with Crippen molar-refractivity contribution in [3.05, 3.63) is 63.6 Å². The first kappa shape index (κ1) is 20.0. The number of aliphatic imine (C=N–C) groups is 1. The third-order valence-electron chi connectivity index (χ3n) is 5.95. The summed E-state index contributed by atoms with van der Waals surface area (Å²) in [6.07, 6.45) is 5.93. The van der Waals surface area contributed by atoms with E-state index in [2.05, 4.69) is 27.0 Å². The molecule has 1 heterocycles. The van der Waals surface area contributed by atoms with Crippen molar-refractivity contribution in [2.75, 3.05) is 7.05 Å². The van der Waals surface area contributed by atoms with Gasteiger partial charge in [0.05, 0.1) is 5.69 Å². The fourth-order valence-electron chi connectivity index (χ4n) is 4.27. The molecular weight excluding hydrogens is 428 g/mol. The molecule has 0 unspecified atom stereocenters. The smallest absolute Gasteiger partial charge is 0.253 e. The van der Waals surface area contributed by atoms with Crippen LogP contribution in [0.4, 0.5) is 5.69 Å². The summed E-state index contributed by atoms with van der Waals surface area (Å²) in [7, 11) is 1.94. The Morgan fingerprint density at radius 3 is 2.79 bits per heavy atom. The molecule has 0 aromatic heterocycles. The van der Waals surface area contributed by atoms with Crippen molar-refractivity contribution in [3.8, 4) is 0 Å². The summed E-state index contributed by atoms with van der Waals surface area (Å²) in [5.41, 5.74) is 10.1. The Morgan fingerprint density at radius 1 is 1.21 bits per heavy atom. The second-order valence-electron chi connectivity index (χ2n) is 8.01. The van der Waals surface area contributed by atoms with Gasteiger partial charge in [-0.3, -0.25) is 4.79 Å². The predicted molar refractivity (Wildman–Crippen MR) is 120 cm³/mol. The Hall–Kier alpha value is -2.34. The summed E-state index contributed by atoms with van der Waals surface area (Å²) in [4.78, 5) is 21.5. The monoisotopic (exact) mass is 454 g/mol. The van der Waals surface area contributed by atoms with Crippen LogP contribution < -0.4 is 5.73 Å². The molecule has 0 radical (unpaired) electrons. The van der Waals surface area contributed by atoms with Crippen LogP contribution >= 0.6 is 15.9 Å². The molecule has 1 saturated carbocycles. The fourth-order valence-corrected chi connectivity index (χ4v) is 4.68. The topological polar surface area (TPSA) is 61.9 Å². The molecule has 1 aliphatic heterocycles. The number of halogens is 1. The molecular formula is C23H27BrN4O. The predicted octanol–water partition coefficient (Wildman–Crippen LogP) is 4.82. The van der Waals surface area contributed by atoms with Crippen molar-refractivity contribution in [3.63, 3.8) is 0 Å². The second kappa shape index (κ2) is 8.57. The largest absolute Gasteiger partial charge is 0.369 e. The average molecular weight is 455 g/mol. The number of amides is 1. The Balaban J connectivity index is 1.48. The molecule has 1 fully saturated rings. The maximum Gasteiger partial charge on any atom is 0.253 e. The van der Waals surface area contributed by atoms with E-state index in [0.717, 1.165) is 39.7 Å². The summed E-state index contributed by atoms with van der Waals surface area (Å²) < 4.78 is 1.03. The van der Waals surface area contributed by atoms with Gasteiger partial charge in [-0.25, -0.2) is 4.99 Å². The number of benzene rings is 2. The molecule has 2 aromatic carbocycles. The minimum absolute atomic E-state index is 0.105. The van der Waals surface area contributed by atoms with E-state index >= 15 is 0 Å². The number of hydrogen-bond acceptors (Lipinski definition) is 4. The number of guanidine groups is 1. The first-order chi connectivity index (χ1) is 14.0. The van der Waals surface area contributed by atoms with Crippen LogP contribution in [-0.4, -0.2) is 34.8 Å². The molecule has 4 rings (SSSR count). The number of rotatable bonds is 4. The summed E-state index contributed by atoms with van der Waals surface area (Å²) in [6, 6.07) is 14.3. The molecule has 2 aliphatic rings. The maximum absolute atomic E-state index is 13.0. The van der Waals surface area contributed by atoms with E-state index in [1.807, 2.05) is 53.2 Å². The van der Waals surface area contributed by atoms with E-state index in [-0.39, 0.29) is 5.91 Å². The third kappa shape index (κ3) is 4.47. The molecule has 0 atom stereocenters. The number of hydrogen-bond donors (Lipinski definition) is 1. The lowest BCUT2D eigenvalue weighted by molar-refractivity contribution is 0.0696. The van der Waals surface area contributed by atoms with E-state index in [9.17, 15) is 4.79 Å². The zero-order chi connectivity index (χ0) is 20.4. The second-order valence-corrected chi connectivity index (χ2v) is 8.92. The quantitative estimate of drug-likeness (QED) is 0.720. The van der Waals surface area contributed by atoms with Crippen molar-refractivity contribution in [1.82, 2.24) is 9.80 Å². The average Bonchev–Trinajstić information content (AvgIpc) is 2.74. The Kier molecular flexibility index (Phi) is 5.90. The highest BCUT2D eigenvalue weighted by Crippen LogP contribution is 2.29. The SMILES string of the molecule is CN(C(=O)c1cccc(CN2Cc3cc(Br)ccc3N=C2N)c1)C1CCCCC1. The highest BCUT2D eigenvalue weighted by atomic mass is 79.9. The molecule has 5 nitrogen and oxygen atoms in total. The van der Waals surface area contributed by atoms with Crippen LogP contribution in [0, 0.1) is 0 Å². The first-order valence-electron chi connectivity index (χ1n) is 10.2. The van der Waals surface area contributed by atoms with Gasteiger partial charge >= 0.3 is 0 Å². The van der Waals surface area contributed by atoms with Crippen LogP contribution in [0.2, 0.25) is 0 Å². The summed E-state index contributed by atoms with van der Waals surface area (Å²) in [6.45, 7) is 1.32. The standard InChI is InChI=1S/C23H27BrN4O/c1-27(20-8-3-2-4-9-20)22(29)17-7-5-6-16(12-17)14-28-15-18-13-19(24)10-11-21(18)26-23(28)25/h5-7,10-13,20H,2-4,8-9,14-15H2,1H3,(H2,25,26). The zero-order valence-electron chi connectivity index (χ0n) is 16.8. The van der Waals surface area contributed by atoms with Gasteiger partial charge in [0.1, 0.15) is 0 Å². The summed E-state index contributed by atoms with van der Waals surface area (Å²) >= 11 is 3.52.